The molecule has 1 aromatic rings. The fraction of sp³-hybridized carbons (Fsp3) is 0.500. The number of aryl methyl sites for hydroxylation is 1. The van der Waals surface area contributed by atoms with Gasteiger partial charge in [0.05, 0.1) is 12.0 Å². The zero-order chi connectivity index (χ0) is 6.85. The first kappa shape index (κ1) is 6.81. The van der Waals surface area contributed by atoms with E-state index < -0.39 is 0 Å². The van der Waals surface area contributed by atoms with Gasteiger partial charge in [0.15, 0.2) is 0 Å². The molecule has 1 heterocycles. The molecular weight excluding hydrogens is 180 g/mol. The Morgan fingerprint density at radius 1 is 1.78 bits per heavy atom. The topological polar surface area (TPSA) is 17.8 Å². The summed E-state index contributed by atoms with van der Waals surface area (Å²) in [6.07, 6.45) is 2.83. The normalized spacial score (nSPS) is 10.1. The number of imidazole rings is 1. The van der Waals surface area contributed by atoms with E-state index in [-0.39, 0.29) is 0 Å². The molecule has 0 atom stereocenters. The lowest BCUT2D eigenvalue weighted by Gasteiger charge is -1.95. The van der Waals surface area contributed by atoms with Crippen molar-refractivity contribution in [1.82, 2.24) is 9.55 Å². The summed E-state index contributed by atoms with van der Waals surface area (Å²) in [5.41, 5.74) is 1.25. The maximum absolute atomic E-state index is 4.07. The number of aromatic nitrogens is 2. The molecule has 50 valence electrons. The van der Waals surface area contributed by atoms with E-state index in [0.29, 0.717) is 0 Å². The van der Waals surface area contributed by atoms with Gasteiger partial charge in [-0.2, -0.15) is 0 Å². The molecule has 1 rings (SSSR count). The molecule has 0 N–H and O–H groups in total. The van der Waals surface area contributed by atoms with Crippen molar-refractivity contribution in [2.75, 3.05) is 0 Å². The predicted octanol–water partition coefficient (Wildman–Crippen LogP) is 1.74. The lowest BCUT2D eigenvalue weighted by molar-refractivity contribution is 0.831. The molecule has 0 aromatic carbocycles. The third-order valence-electron chi connectivity index (χ3n) is 1.34. The molecule has 0 aliphatic carbocycles. The second kappa shape index (κ2) is 2.52. The molecule has 0 radical (unpaired) electrons. The third-order valence-corrected chi connectivity index (χ3v) is 2.01. The van der Waals surface area contributed by atoms with Crippen molar-refractivity contribution in [3.63, 3.8) is 0 Å². The third kappa shape index (κ3) is 1.15. The van der Waals surface area contributed by atoms with Gasteiger partial charge in [-0.1, -0.05) is 6.92 Å². The molecule has 0 spiro atoms. The Balaban J connectivity index is 3.07. The summed E-state index contributed by atoms with van der Waals surface area (Å²) >= 11 is 3.35. The van der Waals surface area contributed by atoms with E-state index in [1.165, 1.54) is 5.69 Å². The Labute approximate surface area is 63.0 Å². The summed E-state index contributed by atoms with van der Waals surface area (Å²) in [5.74, 6) is 0. The predicted molar refractivity (Wildman–Crippen MR) is 40.3 cm³/mol. The van der Waals surface area contributed by atoms with Crippen LogP contribution in [0.3, 0.4) is 0 Å². The van der Waals surface area contributed by atoms with Crippen molar-refractivity contribution in [2.45, 2.75) is 13.3 Å². The smallest absolute Gasteiger partial charge is 0.127 e. The van der Waals surface area contributed by atoms with Gasteiger partial charge in [-0.05, 0) is 22.4 Å². The van der Waals surface area contributed by atoms with E-state index in [1.54, 1.807) is 0 Å². The lowest BCUT2D eigenvalue weighted by Crippen LogP contribution is -1.91. The Morgan fingerprint density at radius 3 is 2.67 bits per heavy atom. The molecule has 3 heteroatoms. The first-order chi connectivity index (χ1) is 4.25. The minimum absolute atomic E-state index is 0.965. The van der Waals surface area contributed by atoms with Crippen LogP contribution in [0.2, 0.25) is 0 Å². The maximum Gasteiger partial charge on any atom is 0.127 e. The highest BCUT2D eigenvalue weighted by Gasteiger charge is 2.00. The zero-order valence-electron chi connectivity index (χ0n) is 5.56. The van der Waals surface area contributed by atoms with Crippen LogP contribution < -0.4 is 0 Å². The number of hydrogen-bond acceptors (Lipinski definition) is 1. The molecular formula is C6H9BrN2. The summed E-state index contributed by atoms with van der Waals surface area (Å²) in [7, 11) is 2.00. The molecule has 0 aliphatic rings. The lowest BCUT2D eigenvalue weighted by atomic mass is 10.4. The van der Waals surface area contributed by atoms with Gasteiger partial charge >= 0.3 is 0 Å². The first-order valence-electron chi connectivity index (χ1n) is 2.91. The standard InChI is InChI=1S/C6H9BrN2/c1-3-5-6(7)8-4-9(5)2/h4H,3H2,1-2H3. The minimum atomic E-state index is 0.965. The van der Waals surface area contributed by atoms with E-state index in [4.69, 9.17) is 0 Å². The Morgan fingerprint density at radius 2 is 2.44 bits per heavy atom. The molecule has 0 unspecified atom stereocenters. The largest absolute Gasteiger partial charge is 0.337 e. The van der Waals surface area contributed by atoms with Crippen molar-refractivity contribution in [1.29, 1.82) is 0 Å². The van der Waals surface area contributed by atoms with Crippen LogP contribution in [-0.4, -0.2) is 9.55 Å². The number of hydrogen-bond donors (Lipinski definition) is 0. The van der Waals surface area contributed by atoms with Gasteiger partial charge in [-0.15, -0.1) is 0 Å². The SMILES string of the molecule is CCc1c(Br)ncn1C. The monoisotopic (exact) mass is 188 g/mol. The van der Waals surface area contributed by atoms with Gasteiger partial charge < -0.3 is 4.57 Å². The quantitative estimate of drug-likeness (QED) is 0.657. The highest BCUT2D eigenvalue weighted by Crippen LogP contribution is 2.12. The number of halogens is 1. The highest BCUT2D eigenvalue weighted by atomic mass is 79.9. The van der Waals surface area contributed by atoms with Crippen molar-refractivity contribution in [2.24, 2.45) is 7.05 Å². The average Bonchev–Trinajstić information content (AvgIpc) is 2.12. The van der Waals surface area contributed by atoms with Gasteiger partial charge in [0.1, 0.15) is 4.60 Å². The van der Waals surface area contributed by atoms with Gasteiger partial charge in [-0.3, -0.25) is 0 Å². The van der Waals surface area contributed by atoms with Crippen LogP contribution in [-0.2, 0) is 13.5 Å². The number of nitrogens with zero attached hydrogens (tertiary/aromatic N) is 2. The average molecular weight is 189 g/mol. The van der Waals surface area contributed by atoms with Gasteiger partial charge in [-0.25, -0.2) is 4.98 Å². The summed E-state index contributed by atoms with van der Waals surface area (Å²) < 4.78 is 2.98. The first-order valence-corrected chi connectivity index (χ1v) is 3.70. The number of rotatable bonds is 1. The molecule has 0 bridgehead atoms. The van der Waals surface area contributed by atoms with Crippen LogP contribution in [0.4, 0.5) is 0 Å². The fourth-order valence-electron chi connectivity index (χ4n) is 0.822. The Bertz CT molecular complexity index is 185. The summed E-state index contributed by atoms with van der Waals surface area (Å²) in [4.78, 5) is 4.07. The van der Waals surface area contributed by atoms with Crippen molar-refractivity contribution in [3.8, 4) is 0 Å². The Kier molecular flexibility index (Phi) is 1.90. The molecule has 0 aliphatic heterocycles. The molecule has 0 saturated carbocycles. The van der Waals surface area contributed by atoms with Crippen molar-refractivity contribution in [3.05, 3.63) is 16.6 Å². The van der Waals surface area contributed by atoms with E-state index in [2.05, 4.69) is 27.8 Å². The molecule has 1 aromatic heterocycles. The summed E-state index contributed by atoms with van der Waals surface area (Å²) in [5, 5.41) is 0. The van der Waals surface area contributed by atoms with Crippen molar-refractivity contribution >= 4 is 15.9 Å². The van der Waals surface area contributed by atoms with Crippen LogP contribution in [0.5, 0.6) is 0 Å². The van der Waals surface area contributed by atoms with Crippen LogP contribution >= 0.6 is 15.9 Å². The van der Waals surface area contributed by atoms with Gasteiger partial charge in [0.25, 0.3) is 0 Å². The van der Waals surface area contributed by atoms with Crippen LogP contribution in [0, 0.1) is 0 Å². The second-order valence-corrected chi connectivity index (χ2v) is 2.70. The van der Waals surface area contributed by atoms with E-state index in [1.807, 2.05) is 17.9 Å². The summed E-state index contributed by atoms with van der Waals surface area (Å²) in [6, 6.07) is 0. The molecule has 0 saturated heterocycles. The van der Waals surface area contributed by atoms with E-state index >= 15 is 0 Å². The second-order valence-electron chi connectivity index (χ2n) is 1.95. The van der Waals surface area contributed by atoms with E-state index in [9.17, 15) is 0 Å². The van der Waals surface area contributed by atoms with Crippen molar-refractivity contribution < 1.29 is 0 Å². The maximum atomic E-state index is 4.07. The minimum Gasteiger partial charge on any atom is -0.337 e. The zero-order valence-corrected chi connectivity index (χ0v) is 7.14. The van der Waals surface area contributed by atoms with Gasteiger partial charge in [0, 0.05) is 7.05 Å². The molecule has 0 amide bonds. The Hall–Kier alpha value is -0.310. The molecule has 0 fully saturated rings. The van der Waals surface area contributed by atoms with Gasteiger partial charge in [0.2, 0.25) is 0 Å². The highest BCUT2D eigenvalue weighted by molar-refractivity contribution is 9.10. The van der Waals surface area contributed by atoms with E-state index in [0.717, 1.165) is 11.0 Å². The van der Waals surface area contributed by atoms with Crippen LogP contribution in [0.1, 0.15) is 12.6 Å². The van der Waals surface area contributed by atoms with Crippen LogP contribution in [0.25, 0.3) is 0 Å². The van der Waals surface area contributed by atoms with Crippen LogP contribution in [0.15, 0.2) is 10.9 Å². The summed E-state index contributed by atoms with van der Waals surface area (Å²) in [6.45, 7) is 2.11. The molecule has 2 nitrogen and oxygen atoms in total. The fourth-order valence-corrected chi connectivity index (χ4v) is 1.47. The molecule has 9 heavy (non-hydrogen) atoms.